The number of halogens is 2. The van der Waals surface area contributed by atoms with Crippen molar-refractivity contribution < 1.29 is 14.0 Å². The van der Waals surface area contributed by atoms with Gasteiger partial charge in [-0.1, -0.05) is 6.92 Å². The number of nitrogens with one attached hydrogen (secondary N) is 2. The third-order valence-corrected chi connectivity index (χ3v) is 4.93. The Morgan fingerprint density at radius 1 is 1.31 bits per heavy atom. The molecule has 6 nitrogen and oxygen atoms in total. The lowest BCUT2D eigenvalue weighted by atomic mass is 9.96. The smallest absolute Gasteiger partial charge is 0.321 e. The van der Waals surface area contributed by atoms with Crippen molar-refractivity contribution in [2.75, 3.05) is 44.2 Å². The van der Waals surface area contributed by atoms with Gasteiger partial charge in [-0.25, -0.2) is 9.18 Å². The van der Waals surface area contributed by atoms with E-state index in [-0.39, 0.29) is 29.9 Å². The zero-order chi connectivity index (χ0) is 17.8. The number of likely N-dealkylation sites (tertiary alicyclic amines) is 1. The maximum absolute atomic E-state index is 14.2. The van der Waals surface area contributed by atoms with Gasteiger partial charge >= 0.3 is 6.03 Å². The van der Waals surface area contributed by atoms with Crippen molar-refractivity contribution >= 4 is 30.0 Å². The van der Waals surface area contributed by atoms with E-state index in [1.165, 1.54) is 17.0 Å². The average molecular weight is 385 g/mol. The van der Waals surface area contributed by atoms with E-state index in [0.29, 0.717) is 37.8 Å². The molecule has 26 heavy (non-hydrogen) atoms. The van der Waals surface area contributed by atoms with E-state index in [2.05, 4.69) is 17.6 Å². The summed E-state index contributed by atoms with van der Waals surface area (Å²) in [4.78, 5) is 27.8. The molecule has 0 radical (unpaired) electrons. The van der Waals surface area contributed by atoms with Crippen molar-refractivity contribution in [3.05, 3.63) is 29.6 Å². The molecule has 0 saturated carbocycles. The minimum atomic E-state index is -0.539. The van der Waals surface area contributed by atoms with Crippen LogP contribution < -0.4 is 15.5 Å². The average Bonchev–Trinajstić information content (AvgIpc) is 3.06. The van der Waals surface area contributed by atoms with Crippen LogP contribution in [0.2, 0.25) is 0 Å². The Kier molecular flexibility index (Phi) is 7.23. The lowest BCUT2D eigenvalue weighted by molar-refractivity contribution is 0.0685. The first-order valence-corrected chi connectivity index (χ1v) is 8.95. The molecule has 2 aliphatic heterocycles. The van der Waals surface area contributed by atoms with Gasteiger partial charge in [0.2, 0.25) is 0 Å². The van der Waals surface area contributed by atoms with E-state index in [4.69, 9.17) is 0 Å². The SMILES string of the molecule is CCNCC1CCN(C(=O)c2cc(N3CCNC3=O)ccc2F)CC1.Cl. The fourth-order valence-electron chi connectivity index (χ4n) is 3.42. The first-order chi connectivity index (χ1) is 12.1. The molecular weight excluding hydrogens is 359 g/mol. The third-order valence-electron chi connectivity index (χ3n) is 4.93. The van der Waals surface area contributed by atoms with Crippen molar-refractivity contribution in [3.63, 3.8) is 0 Å². The molecule has 1 aromatic rings. The van der Waals surface area contributed by atoms with E-state index in [1.54, 1.807) is 11.0 Å². The fourth-order valence-corrected chi connectivity index (χ4v) is 3.42. The molecule has 0 spiro atoms. The Hall–Kier alpha value is -1.86. The molecule has 2 N–H and O–H groups in total. The molecule has 144 valence electrons. The van der Waals surface area contributed by atoms with Crippen molar-refractivity contribution in [1.29, 1.82) is 0 Å². The van der Waals surface area contributed by atoms with Gasteiger partial charge in [0.05, 0.1) is 5.56 Å². The van der Waals surface area contributed by atoms with Crippen LogP contribution >= 0.6 is 12.4 Å². The van der Waals surface area contributed by atoms with Crippen LogP contribution in [0, 0.1) is 11.7 Å². The summed E-state index contributed by atoms with van der Waals surface area (Å²) < 4.78 is 14.2. The predicted octanol–water partition coefficient (Wildman–Crippen LogP) is 2.24. The Bertz CT molecular complexity index is 650. The lowest BCUT2D eigenvalue weighted by Gasteiger charge is -2.32. The quantitative estimate of drug-likeness (QED) is 0.818. The van der Waals surface area contributed by atoms with Gasteiger partial charge in [0.1, 0.15) is 5.82 Å². The van der Waals surface area contributed by atoms with Gasteiger partial charge in [-0.3, -0.25) is 9.69 Å². The molecule has 0 unspecified atom stereocenters. The van der Waals surface area contributed by atoms with Gasteiger partial charge < -0.3 is 15.5 Å². The number of piperidine rings is 1. The molecule has 2 saturated heterocycles. The second-order valence-electron chi connectivity index (χ2n) is 6.59. The highest BCUT2D eigenvalue weighted by Gasteiger charge is 2.27. The van der Waals surface area contributed by atoms with Crippen molar-refractivity contribution in [1.82, 2.24) is 15.5 Å². The second kappa shape index (κ2) is 9.19. The summed E-state index contributed by atoms with van der Waals surface area (Å²) in [6.45, 7) is 6.35. The van der Waals surface area contributed by atoms with Crippen molar-refractivity contribution in [2.24, 2.45) is 5.92 Å². The van der Waals surface area contributed by atoms with Crippen LogP contribution in [0.3, 0.4) is 0 Å². The Balaban J connectivity index is 0.00000243. The van der Waals surface area contributed by atoms with Gasteiger partial charge in [0.25, 0.3) is 5.91 Å². The van der Waals surface area contributed by atoms with Crippen molar-refractivity contribution in [3.8, 4) is 0 Å². The van der Waals surface area contributed by atoms with E-state index >= 15 is 0 Å². The van der Waals surface area contributed by atoms with E-state index in [9.17, 15) is 14.0 Å². The summed E-state index contributed by atoms with van der Waals surface area (Å²) >= 11 is 0. The second-order valence-corrected chi connectivity index (χ2v) is 6.59. The Labute approximate surface area is 159 Å². The first kappa shape index (κ1) is 20.5. The molecule has 1 aromatic carbocycles. The highest BCUT2D eigenvalue weighted by molar-refractivity contribution is 5.98. The molecular formula is C18H26ClFN4O2. The zero-order valence-corrected chi connectivity index (χ0v) is 15.8. The molecule has 2 heterocycles. The molecule has 8 heteroatoms. The van der Waals surface area contributed by atoms with Gasteiger partial charge in [0.15, 0.2) is 0 Å². The van der Waals surface area contributed by atoms with E-state index in [0.717, 1.165) is 25.9 Å². The molecule has 2 aliphatic rings. The fraction of sp³-hybridized carbons (Fsp3) is 0.556. The molecule has 0 bridgehead atoms. The van der Waals surface area contributed by atoms with Gasteiger partial charge in [-0.05, 0) is 50.0 Å². The van der Waals surface area contributed by atoms with Crippen LogP contribution in [-0.2, 0) is 0 Å². The lowest BCUT2D eigenvalue weighted by Crippen LogP contribution is -2.41. The molecule has 0 atom stereocenters. The number of hydrogen-bond donors (Lipinski definition) is 2. The highest BCUT2D eigenvalue weighted by atomic mass is 35.5. The minimum Gasteiger partial charge on any atom is -0.339 e. The third kappa shape index (κ3) is 4.45. The number of hydrogen-bond acceptors (Lipinski definition) is 3. The first-order valence-electron chi connectivity index (χ1n) is 8.95. The monoisotopic (exact) mass is 384 g/mol. The predicted molar refractivity (Wildman–Crippen MR) is 102 cm³/mol. The number of carbonyl (C=O) groups is 2. The minimum absolute atomic E-state index is 0. The number of rotatable bonds is 5. The summed E-state index contributed by atoms with van der Waals surface area (Å²) in [5.41, 5.74) is 0.601. The molecule has 3 amide bonds. The number of benzene rings is 1. The molecule has 0 aliphatic carbocycles. The maximum Gasteiger partial charge on any atom is 0.321 e. The standard InChI is InChI=1S/C18H25FN4O2.ClH/c1-2-20-12-13-5-8-22(9-6-13)17(24)15-11-14(3-4-16(15)19)23-10-7-21-18(23)25;/h3-4,11,13,20H,2,5-10,12H2,1H3,(H,21,25);1H. The molecule has 0 aromatic heterocycles. The van der Waals surface area contributed by atoms with Gasteiger partial charge in [-0.2, -0.15) is 0 Å². The van der Waals surface area contributed by atoms with Crippen molar-refractivity contribution in [2.45, 2.75) is 19.8 Å². The van der Waals surface area contributed by atoms with Gasteiger partial charge in [-0.15, -0.1) is 12.4 Å². The zero-order valence-electron chi connectivity index (χ0n) is 15.0. The number of urea groups is 1. The van der Waals surface area contributed by atoms with Crippen LogP contribution in [0.25, 0.3) is 0 Å². The van der Waals surface area contributed by atoms with E-state index < -0.39 is 5.82 Å². The highest BCUT2D eigenvalue weighted by Crippen LogP contribution is 2.24. The summed E-state index contributed by atoms with van der Waals surface area (Å²) in [6.07, 6.45) is 1.85. The largest absolute Gasteiger partial charge is 0.339 e. The van der Waals surface area contributed by atoms with Crippen LogP contribution in [0.4, 0.5) is 14.9 Å². The van der Waals surface area contributed by atoms with Crippen LogP contribution in [-0.4, -0.2) is 56.1 Å². The number of amides is 3. The van der Waals surface area contributed by atoms with Crippen LogP contribution in [0.5, 0.6) is 0 Å². The molecule has 2 fully saturated rings. The maximum atomic E-state index is 14.2. The normalized spacial score (nSPS) is 17.8. The Morgan fingerprint density at radius 3 is 2.65 bits per heavy atom. The number of anilines is 1. The molecule has 3 rings (SSSR count). The summed E-state index contributed by atoms with van der Waals surface area (Å²) in [6, 6.07) is 4.09. The van der Waals surface area contributed by atoms with Gasteiger partial charge in [0, 0.05) is 31.9 Å². The topological polar surface area (TPSA) is 64.7 Å². The van der Waals surface area contributed by atoms with Crippen LogP contribution in [0.1, 0.15) is 30.1 Å². The summed E-state index contributed by atoms with van der Waals surface area (Å²) in [7, 11) is 0. The number of nitrogens with zero attached hydrogens (tertiary/aromatic N) is 2. The Morgan fingerprint density at radius 2 is 2.04 bits per heavy atom. The van der Waals surface area contributed by atoms with Crippen LogP contribution in [0.15, 0.2) is 18.2 Å². The number of carbonyl (C=O) groups excluding carboxylic acids is 2. The summed E-state index contributed by atoms with van der Waals surface area (Å²) in [5.74, 6) is -0.266. The van der Waals surface area contributed by atoms with E-state index in [1.807, 2.05) is 0 Å². The summed E-state index contributed by atoms with van der Waals surface area (Å²) in [5, 5.41) is 6.05.